The fourth-order valence-corrected chi connectivity index (χ4v) is 6.22. The van der Waals surface area contributed by atoms with Gasteiger partial charge in [0, 0.05) is 0 Å². The van der Waals surface area contributed by atoms with Crippen molar-refractivity contribution < 1.29 is 23.8 Å². The Bertz CT molecular complexity index is 1670. The van der Waals surface area contributed by atoms with E-state index in [2.05, 4.69) is 42.7 Å². The van der Waals surface area contributed by atoms with Gasteiger partial charge in [0.15, 0.2) is 0 Å². The predicted molar refractivity (Wildman–Crippen MR) is 201 cm³/mol. The van der Waals surface area contributed by atoms with E-state index >= 15 is 0 Å². The Morgan fingerprint density at radius 3 is 1.85 bits per heavy atom. The molecule has 1 heterocycles. The van der Waals surface area contributed by atoms with Gasteiger partial charge in [-0.2, -0.15) is 0 Å². The molecule has 0 saturated carbocycles. The minimum Gasteiger partial charge on any atom is -0.462 e. The van der Waals surface area contributed by atoms with Crippen LogP contribution in [0.25, 0.3) is 22.3 Å². The maximum absolute atomic E-state index is 13.2. The topological polar surface area (TPSA) is 61.8 Å². The molecule has 2 unspecified atom stereocenters. The second kappa shape index (κ2) is 17.4. The Balaban J connectivity index is 1.07. The summed E-state index contributed by atoms with van der Waals surface area (Å²) < 4.78 is 19.0. The van der Waals surface area contributed by atoms with Crippen molar-refractivity contribution in [2.45, 2.75) is 63.8 Å². The van der Waals surface area contributed by atoms with Crippen molar-refractivity contribution in [2.24, 2.45) is 5.92 Å². The van der Waals surface area contributed by atoms with Crippen LogP contribution in [-0.2, 0) is 14.2 Å². The Hall–Kier alpha value is -4.01. The number of allylic oxidation sites excluding steroid dienone is 1. The van der Waals surface area contributed by atoms with Gasteiger partial charge in [0.1, 0.15) is 6.10 Å². The van der Waals surface area contributed by atoms with E-state index in [1.807, 2.05) is 109 Å². The van der Waals surface area contributed by atoms with Crippen molar-refractivity contribution in [1.29, 1.82) is 0 Å². The molecule has 0 amide bonds. The second-order valence-corrected chi connectivity index (χ2v) is 13.8. The Labute approximate surface area is 298 Å². The molecule has 248 valence electrons. The van der Waals surface area contributed by atoms with E-state index in [1.54, 1.807) is 0 Å². The summed E-state index contributed by atoms with van der Waals surface area (Å²) in [7, 11) is 0. The third-order valence-corrected chi connectivity index (χ3v) is 9.90. The molecule has 1 fully saturated rings. The summed E-state index contributed by atoms with van der Waals surface area (Å²) >= 11 is 2.25. The summed E-state index contributed by atoms with van der Waals surface area (Å²) in [5.41, 5.74) is 6.46. The van der Waals surface area contributed by atoms with E-state index in [0.29, 0.717) is 43.4 Å². The number of hydrogen-bond acceptors (Lipinski definition) is 5. The average molecular weight is 755 g/mol. The monoisotopic (exact) mass is 754 g/mol. The highest BCUT2D eigenvalue weighted by Crippen LogP contribution is 2.32. The van der Waals surface area contributed by atoms with Gasteiger partial charge in [0.2, 0.25) is 0 Å². The van der Waals surface area contributed by atoms with Gasteiger partial charge in [0.25, 0.3) is 0 Å². The third kappa shape index (κ3) is 10.0. The van der Waals surface area contributed by atoms with E-state index in [-0.39, 0.29) is 36.2 Å². The van der Waals surface area contributed by atoms with Crippen molar-refractivity contribution in [2.75, 3.05) is 6.61 Å². The molecule has 0 radical (unpaired) electrons. The van der Waals surface area contributed by atoms with Gasteiger partial charge in [-0.15, -0.1) is 0 Å². The van der Waals surface area contributed by atoms with E-state index in [9.17, 15) is 9.59 Å². The van der Waals surface area contributed by atoms with Crippen molar-refractivity contribution >= 4 is 34.5 Å². The molecule has 5 nitrogen and oxygen atoms in total. The molecule has 1 aliphatic rings. The molecule has 48 heavy (non-hydrogen) atoms. The summed E-state index contributed by atoms with van der Waals surface area (Å²) in [5.74, 6) is -0.439. The zero-order valence-electron chi connectivity index (χ0n) is 27.5. The first-order valence-electron chi connectivity index (χ1n) is 16.6. The second-order valence-electron chi connectivity index (χ2n) is 12.5. The van der Waals surface area contributed by atoms with Crippen LogP contribution in [0.4, 0.5) is 0 Å². The highest BCUT2D eigenvalue weighted by Gasteiger charge is 2.30. The van der Waals surface area contributed by atoms with Crippen molar-refractivity contribution in [3.8, 4) is 22.3 Å². The van der Waals surface area contributed by atoms with Gasteiger partial charge in [-0.25, -0.2) is 9.59 Å². The highest BCUT2D eigenvalue weighted by molar-refractivity contribution is 14.1. The molecule has 0 aromatic heterocycles. The fourth-order valence-electron chi connectivity index (χ4n) is 5.96. The van der Waals surface area contributed by atoms with E-state index < -0.39 is 0 Å². The number of carbonyl (C=O) groups excluding carboxylic acids is 2. The van der Waals surface area contributed by atoms with Crippen LogP contribution in [0, 0.1) is 5.92 Å². The Morgan fingerprint density at radius 1 is 0.792 bits per heavy atom. The minimum absolute atomic E-state index is 0.0311. The normalized spacial score (nSPS) is 17.0. The number of ether oxygens (including phenoxy) is 3. The quantitative estimate of drug-likeness (QED) is 0.0523. The van der Waals surface area contributed by atoms with Gasteiger partial charge in [-0.1, -0.05) is 105 Å². The molecule has 0 bridgehead atoms. The lowest BCUT2D eigenvalue weighted by Crippen LogP contribution is -2.23. The van der Waals surface area contributed by atoms with Gasteiger partial charge in [-0.3, -0.25) is 0 Å². The molecule has 1 saturated heterocycles. The van der Waals surface area contributed by atoms with E-state index in [4.69, 9.17) is 14.2 Å². The molecule has 0 spiro atoms. The van der Waals surface area contributed by atoms with Crippen LogP contribution in [0.15, 0.2) is 132 Å². The molecule has 4 aromatic rings. The van der Waals surface area contributed by atoms with E-state index in [0.717, 1.165) is 44.2 Å². The molecule has 4 atom stereocenters. The summed E-state index contributed by atoms with van der Waals surface area (Å²) in [6.07, 6.45) is 4.00. The van der Waals surface area contributed by atoms with E-state index in [1.165, 1.54) is 0 Å². The number of hydrogen-bond donors (Lipinski definition) is 0. The van der Waals surface area contributed by atoms with Crippen molar-refractivity contribution in [3.05, 3.63) is 143 Å². The summed E-state index contributed by atoms with van der Waals surface area (Å²) in [6, 6.07) is 35.2. The van der Waals surface area contributed by atoms with Gasteiger partial charge < -0.3 is 14.2 Å². The lowest BCUT2D eigenvalue weighted by atomic mass is 9.97. The van der Waals surface area contributed by atoms with Crippen LogP contribution in [-0.4, -0.2) is 36.9 Å². The molecule has 4 aromatic carbocycles. The van der Waals surface area contributed by atoms with Crippen LogP contribution < -0.4 is 0 Å². The first-order chi connectivity index (χ1) is 23.3. The molecular weight excluding hydrogens is 711 g/mol. The SMILES string of the molecule is C=C(I)C(C)CC(CC[C@@H]1O[C@@H](CCCOC(=O)c2ccc(-c3ccccc3)cc2)CC1=C)OC(=O)c1ccc(-c2ccccc2)cc1. The average Bonchev–Trinajstić information content (AvgIpc) is 3.48. The van der Waals surface area contributed by atoms with Crippen LogP contribution in [0.2, 0.25) is 0 Å². The van der Waals surface area contributed by atoms with Crippen LogP contribution in [0.3, 0.4) is 0 Å². The third-order valence-electron chi connectivity index (χ3n) is 8.84. The number of benzene rings is 4. The Morgan fingerprint density at radius 2 is 1.31 bits per heavy atom. The molecule has 6 heteroatoms. The zero-order chi connectivity index (χ0) is 33.9. The zero-order valence-corrected chi connectivity index (χ0v) is 29.6. The number of carbonyl (C=O) groups is 2. The minimum atomic E-state index is -0.323. The smallest absolute Gasteiger partial charge is 0.338 e. The van der Waals surface area contributed by atoms with Gasteiger partial charge in [0.05, 0.1) is 29.9 Å². The highest BCUT2D eigenvalue weighted by atomic mass is 127. The molecule has 5 rings (SSSR count). The summed E-state index contributed by atoms with van der Waals surface area (Å²) in [4.78, 5) is 25.8. The molecule has 1 aliphatic heterocycles. The van der Waals surface area contributed by atoms with Crippen LogP contribution >= 0.6 is 22.6 Å². The largest absolute Gasteiger partial charge is 0.462 e. The Kier molecular flexibility index (Phi) is 12.8. The maximum Gasteiger partial charge on any atom is 0.338 e. The molecular formula is C42H43IO5. The first-order valence-corrected chi connectivity index (χ1v) is 17.7. The first kappa shape index (κ1) is 35.3. The van der Waals surface area contributed by atoms with Crippen molar-refractivity contribution in [3.63, 3.8) is 0 Å². The van der Waals surface area contributed by atoms with Gasteiger partial charge in [-0.05, 0) is 123 Å². The number of rotatable bonds is 15. The molecule has 0 aliphatic carbocycles. The fraction of sp³-hybridized carbons (Fsp3) is 0.286. The maximum atomic E-state index is 13.2. The lowest BCUT2D eigenvalue weighted by Gasteiger charge is -2.23. The van der Waals surface area contributed by atoms with Crippen LogP contribution in [0.5, 0.6) is 0 Å². The van der Waals surface area contributed by atoms with Crippen molar-refractivity contribution in [1.82, 2.24) is 0 Å². The predicted octanol–water partition coefficient (Wildman–Crippen LogP) is 10.7. The number of esters is 2. The summed E-state index contributed by atoms with van der Waals surface area (Å²) in [6.45, 7) is 10.8. The summed E-state index contributed by atoms with van der Waals surface area (Å²) in [5, 5.41) is 0. The lowest BCUT2D eigenvalue weighted by molar-refractivity contribution is 0.00890. The van der Waals surface area contributed by atoms with Crippen LogP contribution in [0.1, 0.15) is 66.2 Å². The number of halogens is 1. The van der Waals surface area contributed by atoms with Gasteiger partial charge >= 0.3 is 11.9 Å². The molecule has 0 N–H and O–H groups in total. The standard InChI is InChI=1S/C42H43IO5/c1-29(31(3)43)27-39(48-42(45)37-22-18-35(19-23-37)33-13-8-5-9-14-33)24-25-40-30(2)28-38(47-40)15-10-26-46-41(44)36-20-16-34(17-21-36)32-11-6-4-7-12-32/h4-9,11-14,16-23,29,38-40H,2-3,10,15,24-28H2,1H3/t29?,38-,39?,40-/m0/s1.